The molecule has 7 heteroatoms. The first kappa shape index (κ1) is 15.3. The van der Waals surface area contributed by atoms with Gasteiger partial charge in [0.1, 0.15) is 0 Å². The molecule has 2 aromatic heterocycles. The Labute approximate surface area is 143 Å². The normalized spacial score (nSPS) is 17.5. The van der Waals surface area contributed by atoms with Crippen LogP contribution in [0.15, 0.2) is 34.9 Å². The summed E-state index contributed by atoms with van der Waals surface area (Å²) in [4.78, 5) is 19.2. The first-order valence-electron chi connectivity index (χ1n) is 7.93. The zero-order valence-electron chi connectivity index (χ0n) is 13.3. The molecule has 0 radical (unpaired) electrons. The fourth-order valence-electron chi connectivity index (χ4n) is 2.81. The minimum absolute atomic E-state index is 0.0324. The van der Waals surface area contributed by atoms with Crippen LogP contribution in [0, 0.1) is 6.92 Å². The third-order valence-electron chi connectivity index (χ3n) is 4.01. The van der Waals surface area contributed by atoms with Crippen LogP contribution in [0.4, 0.5) is 5.13 Å². The number of hydrogen-bond donors (Lipinski definition) is 0. The van der Waals surface area contributed by atoms with Gasteiger partial charge in [0.25, 0.3) is 5.91 Å². The summed E-state index contributed by atoms with van der Waals surface area (Å²) in [5.41, 5.74) is 1.57. The fourth-order valence-corrected chi connectivity index (χ4v) is 3.79. The van der Waals surface area contributed by atoms with Crippen LogP contribution in [0.5, 0.6) is 0 Å². The molecular weight excluding hydrogens is 326 g/mol. The van der Waals surface area contributed by atoms with Crippen molar-refractivity contribution in [3.05, 3.63) is 41.8 Å². The summed E-state index contributed by atoms with van der Waals surface area (Å²) in [5, 5.41) is 4.48. The predicted octanol–water partition coefficient (Wildman–Crippen LogP) is 3.42. The highest BCUT2D eigenvalue weighted by Gasteiger charge is 2.29. The number of para-hydroxylation sites is 1. The van der Waals surface area contributed by atoms with Crippen LogP contribution in [0.3, 0.4) is 0 Å². The molecule has 1 saturated heterocycles. The molecule has 0 unspecified atom stereocenters. The molecule has 124 valence electrons. The van der Waals surface area contributed by atoms with E-state index in [1.807, 2.05) is 24.3 Å². The highest BCUT2D eigenvalue weighted by Crippen LogP contribution is 2.30. The van der Waals surface area contributed by atoms with Crippen molar-refractivity contribution in [3.8, 4) is 0 Å². The van der Waals surface area contributed by atoms with Crippen LogP contribution >= 0.6 is 11.3 Å². The molecule has 1 aromatic carbocycles. The SMILES string of the molecule is Cc1cc(C(=O)N(C[C@H]2CCCO2)c2nc3ccccc3s2)on1. The topological polar surface area (TPSA) is 68.5 Å². The number of hydrogen-bond acceptors (Lipinski definition) is 6. The van der Waals surface area contributed by atoms with E-state index in [1.54, 1.807) is 17.9 Å². The van der Waals surface area contributed by atoms with Crippen molar-refractivity contribution < 1.29 is 14.1 Å². The number of fused-ring (bicyclic) bond motifs is 1. The third-order valence-corrected chi connectivity index (χ3v) is 5.07. The van der Waals surface area contributed by atoms with Gasteiger partial charge < -0.3 is 9.26 Å². The second kappa shape index (κ2) is 6.33. The highest BCUT2D eigenvalue weighted by molar-refractivity contribution is 7.22. The number of ether oxygens (including phenoxy) is 1. The average molecular weight is 343 g/mol. The molecule has 6 nitrogen and oxygen atoms in total. The van der Waals surface area contributed by atoms with Gasteiger partial charge in [-0.25, -0.2) is 4.98 Å². The van der Waals surface area contributed by atoms with Gasteiger partial charge in [-0.1, -0.05) is 28.6 Å². The average Bonchev–Trinajstić information content (AvgIpc) is 3.32. The molecule has 1 aliphatic rings. The van der Waals surface area contributed by atoms with Gasteiger partial charge in [-0.15, -0.1) is 0 Å². The van der Waals surface area contributed by atoms with Crippen molar-refractivity contribution in [2.24, 2.45) is 0 Å². The van der Waals surface area contributed by atoms with Gasteiger partial charge >= 0.3 is 0 Å². The van der Waals surface area contributed by atoms with Crippen molar-refractivity contribution in [2.45, 2.75) is 25.9 Å². The molecule has 0 N–H and O–H groups in total. The van der Waals surface area contributed by atoms with E-state index in [1.165, 1.54) is 11.3 Å². The van der Waals surface area contributed by atoms with Crippen molar-refractivity contribution in [2.75, 3.05) is 18.1 Å². The Morgan fingerprint density at radius 2 is 2.29 bits per heavy atom. The van der Waals surface area contributed by atoms with Crippen molar-refractivity contribution in [3.63, 3.8) is 0 Å². The summed E-state index contributed by atoms with van der Waals surface area (Å²) in [6.45, 7) is 3.01. The second-order valence-corrected chi connectivity index (χ2v) is 6.86. The molecule has 1 aliphatic heterocycles. The lowest BCUT2D eigenvalue weighted by Gasteiger charge is -2.21. The summed E-state index contributed by atoms with van der Waals surface area (Å²) in [7, 11) is 0. The van der Waals surface area contributed by atoms with Gasteiger partial charge in [0.2, 0.25) is 5.76 Å². The van der Waals surface area contributed by atoms with Crippen molar-refractivity contribution >= 4 is 32.6 Å². The number of rotatable bonds is 4. The van der Waals surface area contributed by atoms with Crippen molar-refractivity contribution in [1.29, 1.82) is 0 Å². The number of benzene rings is 1. The lowest BCUT2D eigenvalue weighted by atomic mass is 10.2. The second-order valence-electron chi connectivity index (χ2n) is 5.85. The maximum Gasteiger partial charge on any atom is 0.298 e. The molecule has 0 saturated carbocycles. The molecule has 0 aliphatic carbocycles. The Hall–Kier alpha value is -2.25. The highest BCUT2D eigenvalue weighted by atomic mass is 32.1. The number of thiazole rings is 1. The number of aryl methyl sites for hydroxylation is 1. The third kappa shape index (κ3) is 2.92. The lowest BCUT2D eigenvalue weighted by Crippen LogP contribution is -2.37. The summed E-state index contributed by atoms with van der Waals surface area (Å²) < 4.78 is 11.9. The van der Waals surface area contributed by atoms with Crippen LogP contribution in [0.25, 0.3) is 10.2 Å². The molecular formula is C17H17N3O3S. The zero-order valence-corrected chi connectivity index (χ0v) is 14.1. The van der Waals surface area contributed by atoms with Gasteiger partial charge in [-0.3, -0.25) is 9.69 Å². The molecule has 0 bridgehead atoms. The first-order chi connectivity index (χ1) is 11.7. The smallest absolute Gasteiger partial charge is 0.298 e. The maximum atomic E-state index is 12.9. The van der Waals surface area contributed by atoms with E-state index >= 15 is 0 Å². The van der Waals surface area contributed by atoms with Crippen LogP contribution < -0.4 is 4.90 Å². The monoisotopic (exact) mass is 343 g/mol. The summed E-state index contributed by atoms with van der Waals surface area (Å²) >= 11 is 1.49. The minimum Gasteiger partial charge on any atom is -0.376 e. The van der Waals surface area contributed by atoms with Gasteiger partial charge in [0.15, 0.2) is 5.13 Å². The number of anilines is 1. The Bertz CT molecular complexity index is 834. The van der Waals surface area contributed by atoms with Crippen molar-refractivity contribution in [1.82, 2.24) is 10.1 Å². The fraction of sp³-hybridized carbons (Fsp3) is 0.353. The number of carbonyl (C=O) groups excluding carboxylic acids is 1. The van der Waals surface area contributed by atoms with E-state index in [2.05, 4.69) is 10.1 Å². The standard InChI is InChI=1S/C17H17N3O3S/c1-11-9-14(23-19-11)16(21)20(10-12-5-4-8-22-12)17-18-13-6-2-3-7-15(13)24-17/h2-3,6-7,9,12H,4-5,8,10H2,1H3/t12-/m1/s1. The van der Waals surface area contributed by atoms with Crippen LogP contribution in [-0.4, -0.2) is 35.3 Å². The summed E-state index contributed by atoms with van der Waals surface area (Å²) in [5.74, 6) is -0.00471. The zero-order chi connectivity index (χ0) is 16.5. The summed E-state index contributed by atoms with van der Waals surface area (Å²) in [6, 6.07) is 9.51. The van der Waals surface area contributed by atoms with E-state index < -0.39 is 0 Å². The Morgan fingerprint density at radius 1 is 1.42 bits per heavy atom. The van der Waals surface area contributed by atoms with Crippen LogP contribution in [0.2, 0.25) is 0 Å². The minimum atomic E-state index is -0.231. The van der Waals surface area contributed by atoms with E-state index in [4.69, 9.17) is 9.26 Å². The van der Waals surface area contributed by atoms with Gasteiger partial charge in [-0.2, -0.15) is 0 Å². The molecule has 1 amide bonds. The Morgan fingerprint density at radius 3 is 3.00 bits per heavy atom. The van der Waals surface area contributed by atoms with E-state index in [9.17, 15) is 4.79 Å². The Balaban J connectivity index is 1.69. The van der Waals surface area contributed by atoms with Gasteiger partial charge in [0.05, 0.1) is 28.6 Å². The van der Waals surface area contributed by atoms with E-state index in [0.29, 0.717) is 17.4 Å². The van der Waals surface area contributed by atoms with Gasteiger partial charge in [-0.05, 0) is 31.9 Å². The number of carbonyl (C=O) groups is 1. The quantitative estimate of drug-likeness (QED) is 0.726. The number of amides is 1. The first-order valence-corrected chi connectivity index (χ1v) is 8.75. The molecule has 1 atom stereocenters. The largest absolute Gasteiger partial charge is 0.376 e. The van der Waals surface area contributed by atoms with Gasteiger partial charge in [0, 0.05) is 12.7 Å². The molecule has 4 rings (SSSR count). The molecule has 1 fully saturated rings. The lowest BCUT2D eigenvalue weighted by molar-refractivity contribution is 0.0887. The number of aromatic nitrogens is 2. The van der Waals surface area contributed by atoms with E-state index in [-0.39, 0.29) is 17.8 Å². The number of nitrogens with zero attached hydrogens (tertiary/aromatic N) is 3. The van der Waals surface area contributed by atoms with Crippen LogP contribution in [0.1, 0.15) is 29.1 Å². The summed E-state index contributed by atoms with van der Waals surface area (Å²) in [6.07, 6.45) is 2.00. The molecule has 24 heavy (non-hydrogen) atoms. The molecule has 3 heterocycles. The van der Waals surface area contributed by atoms with E-state index in [0.717, 1.165) is 29.7 Å². The maximum absolute atomic E-state index is 12.9. The van der Waals surface area contributed by atoms with Crippen LogP contribution in [-0.2, 0) is 4.74 Å². The molecule has 0 spiro atoms. The molecule has 3 aromatic rings. The Kier molecular flexibility index (Phi) is 4.03. The predicted molar refractivity (Wildman–Crippen MR) is 91.5 cm³/mol.